The third kappa shape index (κ3) is 2.96. The van der Waals surface area contributed by atoms with E-state index >= 15 is 0 Å². The van der Waals surface area contributed by atoms with Crippen molar-refractivity contribution in [2.75, 3.05) is 7.05 Å². The van der Waals surface area contributed by atoms with Gasteiger partial charge in [-0.15, -0.1) is 0 Å². The van der Waals surface area contributed by atoms with E-state index in [0.29, 0.717) is 6.04 Å². The van der Waals surface area contributed by atoms with E-state index in [1.54, 1.807) is 11.3 Å². The molecule has 0 radical (unpaired) electrons. The summed E-state index contributed by atoms with van der Waals surface area (Å²) in [6, 6.07) is 11.4. The van der Waals surface area contributed by atoms with E-state index < -0.39 is 0 Å². The third-order valence-electron chi connectivity index (χ3n) is 2.99. The molecule has 1 heterocycles. The van der Waals surface area contributed by atoms with Gasteiger partial charge in [-0.25, -0.2) is 0 Å². The van der Waals surface area contributed by atoms with Gasteiger partial charge in [0.15, 0.2) is 0 Å². The Morgan fingerprint density at radius 3 is 2.76 bits per heavy atom. The number of hydrogen-bond donors (Lipinski definition) is 1. The highest BCUT2D eigenvalue weighted by Gasteiger charge is 2.12. The van der Waals surface area contributed by atoms with Gasteiger partial charge >= 0.3 is 0 Å². The maximum atomic E-state index is 3.40. The Balaban J connectivity index is 2.28. The van der Waals surface area contributed by atoms with Crippen molar-refractivity contribution in [2.24, 2.45) is 0 Å². The molecule has 0 aliphatic carbocycles. The Kier molecular flexibility index (Phi) is 4.35. The van der Waals surface area contributed by atoms with Gasteiger partial charge in [0.25, 0.3) is 0 Å². The second kappa shape index (κ2) is 5.99. The summed E-state index contributed by atoms with van der Waals surface area (Å²) in [5.41, 5.74) is 4.14. The largest absolute Gasteiger partial charge is 0.309 e. The zero-order valence-electron chi connectivity index (χ0n) is 10.4. The van der Waals surface area contributed by atoms with Crippen LogP contribution >= 0.6 is 11.3 Å². The van der Waals surface area contributed by atoms with Crippen LogP contribution in [0.4, 0.5) is 0 Å². The lowest BCUT2D eigenvalue weighted by Crippen LogP contribution is -2.17. The van der Waals surface area contributed by atoms with Gasteiger partial charge < -0.3 is 5.32 Å². The quantitative estimate of drug-likeness (QED) is 0.839. The van der Waals surface area contributed by atoms with Crippen LogP contribution in [0.2, 0.25) is 0 Å². The molecule has 1 nitrogen and oxygen atoms in total. The van der Waals surface area contributed by atoms with Gasteiger partial charge in [0, 0.05) is 0 Å². The molecule has 0 bridgehead atoms. The number of rotatable bonds is 5. The molecule has 0 amide bonds. The van der Waals surface area contributed by atoms with Crippen molar-refractivity contribution in [3.63, 3.8) is 0 Å². The van der Waals surface area contributed by atoms with Crippen LogP contribution in [0.3, 0.4) is 0 Å². The van der Waals surface area contributed by atoms with E-state index in [1.807, 2.05) is 7.05 Å². The van der Waals surface area contributed by atoms with Gasteiger partial charge in [-0.05, 0) is 47.0 Å². The second-order valence-electron chi connectivity index (χ2n) is 4.27. The average molecular weight is 245 g/mol. The summed E-state index contributed by atoms with van der Waals surface area (Å²) in [7, 11) is 2.02. The lowest BCUT2D eigenvalue weighted by Gasteiger charge is -2.16. The van der Waals surface area contributed by atoms with Crippen molar-refractivity contribution < 1.29 is 0 Å². The van der Waals surface area contributed by atoms with Gasteiger partial charge in [0.2, 0.25) is 0 Å². The fourth-order valence-electron chi connectivity index (χ4n) is 2.18. The lowest BCUT2D eigenvalue weighted by molar-refractivity contribution is 0.692. The molecule has 0 aliphatic rings. The van der Waals surface area contributed by atoms with Gasteiger partial charge in [-0.2, -0.15) is 11.3 Å². The minimum atomic E-state index is 0.318. The van der Waals surface area contributed by atoms with Crippen molar-refractivity contribution >= 4 is 11.3 Å². The van der Waals surface area contributed by atoms with E-state index in [1.165, 1.54) is 23.1 Å². The van der Waals surface area contributed by atoms with Crippen LogP contribution in [-0.2, 0) is 6.42 Å². The molecular weight excluding hydrogens is 226 g/mol. The van der Waals surface area contributed by atoms with Crippen molar-refractivity contribution in [2.45, 2.75) is 25.8 Å². The maximum absolute atomic E-state index is 3.40. The summed E-state index contributed by atoms with van der Waals surface area (Å²) < 4.78 is 0. The molecule has 0 spiro atoms. The summed E-state index contributed by atoms with van der Waals surface area (Å²) in [6.45, 7) is 2.22. The first-order valence-corrected chi connectivity index (χ1v) is 7.07. The SMILES string of the molecule is CCCc1cccc(C(NC)c2ccsc2)c1. The van der Waals surface area contributed by atoms with Crippen molar-refractivity contribution in [1.29, 1.82) is 0 Å². The molecule has 0 fully saturated rings. The molecule has 17 heavy (non-hydrogen) atoms. The zero-order chi connectivity index (χ0) is 12.1. The summed E-state index contributed by atoms with van der Waals surface area (Å²) >= 11 is 1.75. The molecule has 1 unspecified atom stereocenters. The van der Waals surface area contributed by atoms with Crippen LogP contribution in [-0.4, -0.2) is 7.05 Å². The highest BCUT2D eigenvalue weighted by Crippen LogP contribution is 2.24. The van der Waals surface area contributed by atoms with Crippen molar-refractivity contribution in [1.82, 2.24) is 5.32 Å². The van der Waals surface area contributed by atoms with Crippen LogP contribution in [0.15, 0.2) is 41.1 Å². The molecular formula is C15H19NS. The second-order valence-corrected chi connectivity index (χ2v) is 5.05. The van der Waals surface area contributed by atoms with Crippen LogP contribution in [0.5, 0.6) is 0 Å². The molecule has 1 aromatic heterocycles. The number of benzene rings is 1. The van der Waals surface area contributed by atoms with Crippen molar-refractivity contribution in [3.05, 3.63) is 57.8 Å². The molecule has 1 N–H and O–H groups in total. The monoisotopic (exact) mass is 245 g/mol. The van der Waals surface area contributed by atoms with Gasteiger partial charge in [-0.3, -0.25) is 0 Å². The fraction of sp³-hybridized carbons (Fsp3) is 0.333. The summed E-state index contributed by atoms with van der Waals surface area (Å²) in [5.74, 6) is 0. The molecule has 0 saturated heterocycles. The van der Waals surface area contributed by atoms with Crippen LogP contribution in [0.1, 0.15) is 36.1 Å². The molecule has 2 aromatic rings. The first kappa shape index (κ1) is 12.3. The van der Waals surface area contributed by atoms with Crippen molar-refractivity contribution in [3.8, 4) is 0 Å². The number of nitrogens with one attached hydrogen (secondary N) is 1. The Morgan fingerprint density at radius 2 is 2.12 bits per heavy atom. The third-order valence-corrected chi connectivity index (χ3v) is 3.69. The molecule has 0 aliphatic heterocycles. The number of thiophene rings is 1. The topological polar surface area (TPSA) is 12.0 Å². The number of aryl methyl sites for hydroxylation is 1. The van der Waals surface area contributed by atoms with E-state index in [4.69, 9.17) is 0 Å². The summed E-state index contributed by atoms with van der Waals surface area (Å²) in [6.07, 6.45) is 2.36. The molecule has 90 valence electrons. The van der Waals surface area contributed by atoms with E-state index in [0.717, 1.165) is 6.42 Å². The highest BCUT2D eigenvalue weighted by atomic mass is 32.1. The standard InChI is InChI=1S/C15H19NS/c1-3-5-12-6-4-7-13(10-12)15(16-2)14-8-9-17-11-14/h4,6-11,15-16H,3,5H2,1-2H3. The van der Waals surface area contributed by atoms with Gasteiger partial charge in [-0.1, -0.05) is 37.6 Å². The average Bonchev–Trinajstić information content (AvgIpc) is 2.85. The molecule has 2 heteroatoms. The van der Waals surface area contributed by atoms with E-state index in [-0.39, 0.29) is 0 Å². The Morgan fingerprint density at radius 1 is 1.24 bits per heavy atom. The predicted molar refractivity (Wildman–Crippen MR) is 75.7 cm³/mol. The predicted octanol–water partition coefficient (Wildman–Crippen LogP) is 4.01. The molecule has 0 saturated carbocycles. The molecule has 1 aromatic carbocycles. The fourth-order valence-corrected chi connectivity index (χ4v) is 2.87. The zero-order valence-corrected chi connectivity index (χ0v) is 11.3. The lowest BCUT2D eigenvalue weighted by atomic mass is 9.98. The van der Waals surface area contributed by atoms with E-state index in [2.05, 4.69) is 53.3 Å². The summed E-state index contributed by atoms with van der Waals surface area (Å²) in [5, 5.41) is 7.75. The Hall–Kier alpha value is -1.12. The first-order valence-electron chi connectivity index (χ1n) is 6.13. The molecule has 2 rings (SSSR count). The van der Waals surface area contributed by atoms with Gasteiger partial charge in [0.05, 0.1) is 6.04 Å². The maximum Gasteiger partial charge on any atom is 0.0582 e. The van der Waals surface area contributed by atoms with Crippen LogP contribution in [0.25, 0.3) is 0 Å². The highest BCUT2D eigenvalue weighted by molar-refractivity contribution is 7.08. The minimum absolute atomic E-state index is 0.318. The minimum Gasteiger partial charge on any atom is -0.309 e. The summed E-state index contributed by atoms with van der Waals surface area (Å²) in [4.78, 5) is 0. The first-order chi connectivity index (χ1) is 8.35. The van der Waals surface area contributed by atoms with Crippen LogP contribution in [0, 0.1) is 0 Å². The molecule has 1 atom stereocenters. The normalized spacial score (nSPS) is 12.6. The van der Waals surface area contributed by atoms with Gasteiger partial charge in [0.1, 0.15) is 0 Å². The smallest absolute Gasteiger partial charge is 0.0582 e. The Labute approximate surface area is 108 Å². The Bertz CT molecular complexity index is 448. The van der Waals surface area contributed by atoms with Crippen LogP contribution < -0.4 is 5.32 Å². The van der Waals surface area contributed by atoms with E-state index in [9.17, 15) is 0 Å². The number of hydrogen-bond acceptors (Lipinski definition) is 2.